The van der Waals surface area contributed by atoms with E-state index in [4.69, 9.17) is 11.1 Å². The minimum absolute atomic E-state index is 0.111. The molecular weight excluding hydrogens is 238 g/mol. The topological polar surface area (TPSA) is 70.9 Å². The average Bonchev–Trinajstić information content (AvgIpc) is 2.81. The highest BCUT2D eigenvalue weighted by Crippen LogP contribution is 2.36. The fourth-order valence-electron chi connectivity index (χ4n) is 2.98. The Morgan fingerprint density at radius 3 is 2.53 bits per heavy atom. The number of nitrogens with two attached hydrogens (primary N) is 1. The molecule has 0 aromatic carbocycles. The third kappa shape index (κ3) is 2.46. The van der Waals surface area contributed by atoms with Gasteiger partial charge < -0.3 is 10.6 Å². The van der Waals surface area contributed by atoms with Crippen LogP contribution in [0.2, 0.25) is 0 Å². The molecule has 19 heavy (non-hydrogen) atoms. The lowest BCUT2D eigenvalue weighted by molar-refractivity contribution is 0.263. The normalized spacial score (nSPS) is 20.1. The first-order valence-electron chi connectivity index (χ1n) is 6.84. The molecule has 0 aliphatic carbocycles. The van der Waals surface area contributed by atoms with Crippen LogP contribution >= 0.6 is 0 Å². The zero-order chi connectivity index (χ0) is 14.4. The summed E-state index contributed by atoms with van der Waals surface area (Å²) in [5.74, 6) is 1.78. The highest BCUT2D eigenvalue weighted by atomic mass is 15.4. The van der Waals surface area contributed by atoms with Crippen molar-refractivity contribution in [2.24, 2.45) is 24.1 Å². The summed E-state index contributed by atoms with van der Waals surface area (Å²) in [6, 6.07) is 0. The van der Waals surface area contributed by atoms with Crippen molar-refractivity contribution in [1.82, 2.24) is 9.78 Å². The zero-order valence-corrected chi connectivity index (χ0v) is 12.6. The second-order valence-corrected chi connectivity index (χ2v) is 6.62. The van der Waals surface area contributed by atoms with Gasteiger partial charge in [-0.15, -0.1) is 0 Å². The van der Waals surface area contributed by atoms with Crippen LogP contribution in [0.25, 0.3) is 0 Å². The van der Waals surface area contributed by atoms with Gasteiger partial charge in [-0.25, -0.2) is 0 Å². The van der Waals surface area contributed by atoms with E-state index in [2.05, 4.69) is 30.8 Å². The monoisotopic (exact) mass is 263 g/mol. The van der Waals surface area contributed by atoms with Gasteiger partial charge in [-0.05, 0) is 24.7 Å². The lowest BCUT2D eigenvalue weighted by atomic mass is 9.80. The number of amidine groups is 1. The van der Waals surface area contributed by atoms with Gasteiger partial charge in [-0.1, -0.05) is 20.8 Å². The van der Waals surface area contributed by atoms with E-state index in [0.717, 1.165) is 30.2 Å². The van der Waals surface area contributed by atoms with Crippen molar-refractivity contribution in [3.05, 3.63) is 11.3 Å². The van der Waals surface area contributed by atoms with Crippen LogP contribution < -0.4 is 10.6 Å². The van der Waals surface area contributed by atoms with E-state index < -0.39 is 0 Å². The molecular formula is C14H25N5. The predicted molar refractivity (Wildman–Crippen MR) is 78.7 cm³/mol. The van der Waals surface area contributed by atoms with Crippen LogP contribution in [0.3, 0.4) is 0 Å². The van der Waals surface area contributed by atoms with Gasteiger partial charge >= 0.3 is 0 Å². The Labute approximate surface area is 115 Å². The molecule has 1 unspecified atom stereocenters. The Hall–Kier alpha value is -1.52. The number of aromatic nitrogens is 2. The van der Waals surface area contributed by atoms with Crippen LogP contribution in [0, 0.1) is 23.7 Å². The first-order valence-corrected chi connectivity index (χ1v) is 6.84. The Bertz CT molecular complexity index is 495. The first kappa shape index (κ1) is 13.9. The van der Waals surface area contributed by atoms with Crippen molar-refractivity contribution in [1.29, 1.82) is 5.41 Å². The molecule has 3 N–H and O–H groups in total. The maximum Gasteiger partial charge on any atom is 0.137 e. The van der Waals surface area contributed by atoms with Crippen LogP contribution in [-0.4, -0.2) is 28.7 Å². The predicted octanol–water partition coefficient (Wildman–Crippen LogP) is 1.88. The molecule has 0 spiro atoms. The van der Waals surface area contributed by atoms with Gasteiger partial charge in [0, 0.05) is 20.1 Å². The van der Waals surface area contributed by atoms with Gasteiger partial charge in [-0.2, -0.15) is 5.10 Å². The van der Waals surface area contributed by atoms with Crippen molar-refractivity contribution >= 4 is 11.7 Å². The number of nitrogen functional groups attached to an aromatic ring is 1. The molecule has 0 saturated carbocycles. The lowest BCUT2D eigenvalue weighted by Crippen LogP contribution is -2.29. The van der Waals surface area contributed by atoms with Gasteiger partial charge in [0.2, 0.25) is 0 Å². The number of aryl methyl sites for hydroxylation is 2. The summed E-state index contributed by atoms with van der Waals surface area (Å²) >= 11 is 0. The lowest BCUT2D eigenvalue weighted by Gasteiger charge is -2.27. The summed E-state index contributed by atoms with van der Waals surface area (Å²) in [6.45, 7) is 10.8. The van der Waals surface area contributed by atoms with E-state index in [1.165, 1.54) is 6.42 Å². The quantitative estimate of drug-likeness (QED) is 0.632. The van der Waals surface area contributed by atoms with Crippen LogP contribution in [0.4, 0.5) is 5.82 Å². The number of rotatable bonds is 2. The van der Waals surface area contributed by atoms with E-state index in [1.54, 1.807) is 0 Å². The van der Waals surface area contributed by atoms with Crippen LogP contribution in [-0.2, 0) is 7.05 Å². The summed E-state index contributed by atoms with van der Waals surface area (Å²) in [7, 11) is 1.93. The van der Waals surface area contributed by atoms with E-state index >= 15 is 0 Å². The number of nitrogens with zero attached hydrogens (tertiary/aromatic N) is 3. The molecule has 1 aromatic rings. The number of nitrogens with one attached hydrogen (secondary N) is 1. The van der Waals surface area contributed by atoms with Crippen molar-refractivity contribution < 1.29 is 0 Å². The summed E-state index contributed by atoms with van der Waals surface area (Å²) in [6.07, 6.45) is 1.19. The molecule has 0 amide bonds. The Kier molecular flexibility index (Phi) is 3.32. The molecule has 0 radical (unpaired) electrons. The van der Waals surface area contributed by atoms with E-state index in [1.807, 2.05) is 18.7 Å². The molecule has 1 fully saturated rings. The number of hydrogen-bond donors (Lipinski definition) is 2. The Balaban J connectivity index is 2.32. The molecule has 106 valence electrons. The minimum Gasteiger partial charge on any atom is -0.384 e. The van der Waals surface area contributed by atoms with Crippen molar-refractivity contribution in [3.8, 4) is 0 Å². The maximum atomic E-state index is 7.77. The number of anilines is 1. The second kappa shape index (κ2) is 4.54. The molecule has 1 aliphatic heterocycles. The number of hydrogen-bond acceptors (Lipinski definition) is 3. The third-order valence-electron chi connectivity index (χ3n) is 4.17. The molecule has 0 bridgehead atoms. The van der Waals surface area contributed by atoms with Crippen molar-refractivity contribution in [2.45, 2.75) is 34.1 Å². The smallest absolute Gasteiger partial charge is 0.137 e. The third-order valence-corrected chi connectivity index (χ3v) is 4.17. The zero-order valence-electron chi connectivity index (χ0n) is 12.6. The summed E-state index contributed by atoms with van der Waals surface area (Å²) in [5.41, 5.74) is 7.66. The largest absolute Gasteiger partial charge is 0.384 e. The van der Waals surface area contributed by atoms with Crippen LogP contribution in [0.5, 0.6) is 0 Å². The summed E-state index contributed by atoms with van der Waals surface area (Å²) < 4.78 is 1.86. The molecule has 1 saturated heterocycles. The highest BCUT2D eigenvalue weighted by Gasteiger charge is 2.34. The minimum atomic E-state index is 0.111. The van der Waals surface area contributed by atoms with E-state index in [9.17, 15) is 0 Å². The highest BCUT2D eigenvalue weighted by molar-refractivity contribution is 6.01. The van der Waals surface area contributed by atoms with Gasteiger partial charge in [0.1, 0.15) is 11.7 Å². The molecule has 1 aliphatic rings. The Morgan fingerprint density at radius 2 is 2.05 bits per heavy atom. The Morgan fingerprint density at radius 1 is 1.42 bits per heavy atom. The van der Waals surface area contributed by atoms with Crippen LogP contribution in [0.15, 0.2) is 0 Å². The summed E-state index contributed by atoms with van der Waals surface area (Å²) in [4.78, 5) is 2.33. The fraction of sp³-hybridized carbons (Fsp3) is 0.714. The average molecular weight is 263 g/mol. The molecule has 1 aromatic heterocycles. The van der Waals surface area contributed by atoms with Gasteiger partial charge in [0.05, 0.1) is 11.3 Å². The van der Waals surface area contributed by atoms with Gasteiger partial charge in [-0.3, -0.25) is 10.1 Å². The first-order chi connectivity index (χ1) is 8.71. The standard InChI is InChI=1S/C14H25N5/c1-9-11(12(15)16)13(18(5)17-9)19-7-6-10(8-19)14(2,3)4/h10H,6-8H2,1-5H3,(H3,15,16). The fourth-order valence-corrected chi connectivity index (χ4v) is 2.98. The SMILES string of the molecule is Cc1nn(C)c(N2CCC(C(C)(C)C)C2)c1C(=N)N. The maximum absolute atomic E-state index is 7.77. The van der Waals surface area contributed by atoms with Crippen molar-refractivity contribution in [3.63, 3.8) is 0 Å². The van der Waals surface area contributed by atoms with Crippen LogP contribution in [0.1, 0.15) is 38.4 Å². The molecule has 5 heteroatoms. The van der Waals surface area contributed by atoms with E-state index in [0.29, 0.717) is 11.3 Å². The molecule has 2 rings (SSSR count). The van der Waals surface area contributed by atoms with Crippen molar-refractivity contribution in [2.75, 3.05) is 18.0 Å². The summed E-state index contributed by atoms with van der Waals surface area (Å²) in [5, 5.41) is 12.2. The van der Waals surface area contributed by atoms with E-state index in [-0.39, 0.29) is 5.84 Å². The van der Waals surface area contributed by atoms with Gasteiger partial charge in [0.15, 0.2) is 0 Å². The second-order valence-electron chi connectivity index (χ2n) is 6.62. The molecule has 1 atom stereocenters. The van der Waals surface area contributed by atoms with Gasteiger partial charge in [0.25, 0.3) is 0 Å². The molecule has 2 heterocycles. The molecule has 5 nitrogen and oxygen atoms in total.